The number of hydrogen-bond acceptors (Lipinski definition) is 3. The molecule has 1 amide bonds. The second kappa shape index (κ2) is 9.87. The smallest absolute Gasteiger partial charge is 0.263 e. The maximum Gasteiger partial charge on any atom is 0.263 e. The lowest BCUT2D eigenvalue weighted by Crippen LogP contribution is -2.25. The maximum atomic E-state index is 12.1. The Hall–Kier alpha value is -2.29. The minimum absolute atomic E-state index is 0.0270. The highest BCUT2D eigenvalue weighted by Gasteiger charge is 2.09. The molecule has 6 heteroatoms. The first-order valence-electron chi connectivity index (χ1n) is 7.70. The van der Waals surface area contributed by atoms with Gasteiger partial charge in [0, 0.05) is 28.8 Å². The first kappa shape index (κ1) is 19.0. The summed E-state index contributed by atoms with van der Waals surface area (Å²) in [6.07, 6.45) is 2.22. The fraction of sp³-hybridized carbons (Fsp3) is 0.158. The molecular weight excluding hydrogens is 402 g/mol. The maximum absolute atomic E-state index is 12.1. The van der Waals surface area contributed by atoms with Crippen LogP contribution in [0.25, 0.3) is 0 Å². The van der Waals surface area contributed by atoms with E-state index in [4.69, 9.17) is 16.9 Å². The minimum atomic E-state index is -0.434. The van der Waals surface area contributed by atoms with Crippen LogP contribution in [0.1, 0.15) is 11.1 Å². The Labute approximate surface area is 160 Å². The van der Waals surface area contributed by atoms with Crippen molar-refractivity contribution in [1.29, 1.82) is 5.26 Å². The lowest BCUT2D eigenvalue weighted by molar-refractivity contribution is -0.117. The van der Waals surface area contributed by atoms with Gasteiger partial charge < -0.3 is 10.6 Å². The van der Waals surface area contributed by atoms with E-state index in [-0.39, 0.29) is 12.1 Å². The summed E-state index contributed by atoms with van der Waals surface area (Å²) in [6.45, 7) is 0.889. The number of rotatable bonds is 7. The molecule has 0 saturated carbocycles. The topological polar surface area (TPSA) is 64.9 Å². The zero-order valence-electron chi connectivity index (χ0n) is 13.4. The van der Waals surface area contributed by atoms with Crippen molar-refractivity contribution in [2.24, 2.45) is 0 Å². The Kier molecular flexibility index (Phi) is 7.52. The van der Waals surface area contributed by atoms with Crippen LogP contribution in [0.5, 0.6) is 0 Å². The van der Waals surface area contributed by atoms with Gasteiger partial charge in [0.2, 0.25) is 0 Å². The summed E-state index contributed by atoms with van der Waals surface area (Å²) in [5, 5.41) is 15.4. The number of nitriles is 1. The first-order chi connectivity index (χ1) is 12.1. The van der Waals surface area contributed by atoms with E-state index in [0.717, 1.165) is 22.0 Å². The molecule has 0 unspecified atom stereocenters. The van der Waals surface area contributed by atoms with Crippen LogP contribution in [0.3, 0.4) is 0 Å². The number of carbonyl (C=O) groups excluding carboxylic acids is 1. The first-order valence-corrected chi connectivity index (χ1v) is 8.87. The molecule has 2 aromatic rings. The summed E-state index contributed by atoms with van der Waals surface area (Å²) in [7, 11) is 0. The number of benzene rings is 2. The molecule has 0 aliphatic rings. The minimum Gasteiger partial charge on any atom is -0.389 e. The van der Waals surface area contributed by atoms with Crippen LogP contribution in [0.4, 0.5) is 0 Å². The second-order valence-electron chi connectivity index (χ2n) is 5.24. The summed E-state index contributed by atoms with van der Waals surface area (Å²) in [5.74, 6) is -0.434. The SMILES string of the molecule is N#C/C(=C/NCCc1ccccc1Br)C(=O)NCc1ccccc1Cl. The van der Waals surface area contributed by atoms with Crippen molar-refractivity contribution in [1.82, 2.24) is 10.6 Å². The van der Waals surface area contributed by atoms with Crippen LogP contribution in [0, 0.1) is 11.3 Å². The number of nitrogens with zero attached hydrogens (tertiary/aromatic N) is 1. The number of nitrogens with one attached hydrogen (secondary N) is 2. The normalized spacial score (nSPS) is 10.8. The standard InChI is InChI=1S/C19H17BrClN3O/c20-17-7-3-1-5-14(17)9-10-23-12-16(11-22)19(25)24-13-15-6-2-4-8-18(15)21/h1-8,12,23H,9-10,13H2,(H,24,25)/b16-12-. The molecule has 2 N–H and O–H groups in total. The molecule has 0 radical (unpaired) electrons. The van der Waals surface area contributed by atoms with E-state index < -0.39 is 5.91 Å². The Bertz CT molecular complexity index is 814. The van der Waals surface area contributed by atoms with Gasteiger partial charge in [0.15, 0.2) is 0 Å². The van der Waals surface area contributed by atoms with Crippen molar-refractivity contribution >= 4 is 33.4 Å². The summed E-state index contributed by atoms with van der Waals surface area (Å²) in [6, 6.07) is 17.1. The molecule has 0 aliphatic carbocycles. The van der Waals surface area contributed by atoms with Gasteiger partial charge in [-0.2, -0.15) is 5.26 Å². The molecule has 0 spiro atoms. The van der Waals surface area contributed by atoms with Gasteiger partial charge in [-0.25, -0.2) is 0 Å². The van der Waals surface area contributed by atoms with Crippen molar-refractivity contribution < 1.29 is 4.79 Å². The van der Waals surface area contributed by atoms with E-state index >= 15 is 0 Å². The molecule has 0 atom stereocenters. The van der Waals surface area contributed by atoms with Crippen molar-refractivity contribution in [3.63, 3.8) is 0 Å². The molecular formula is C19H17BrClN3O. The van der Waals surface area contributed by atoms with E-state index in [2.05, 4.69) is 26.6 Å². The third-order valence-electron chi connectivity index (χ3n) is 3.51. The Morgan fingerprint density at radius 2 is 1.84 bits per heavy atom. The highest BCUT2D eigenvalue weighted by Crippen LogP contribution is 2.16. The molecule has 0 aromatic heterocycles. The largest absolute Gasteiger partial charge is 0.389 e. The zero-order valence-corrected chi connectivity index (χ0v) is 15.8. The summed E-state index contributed by atoms with van der Waals surface area (Å²) >= 11 is 9.54. The van der Waals surface area contributed by atoms with Crippen LogP contribution in [0.15, 0.2) is 64.8 Å². The number of carbonyl (C=O) groups is 1. The average molecular weight is 419 g/mol. The van der Waals surface area contributed by atoms with E-state index in [1.165, 1.54) is 6.20 Å². The number of amides is 1. The van der Waals surface area contributed by atoms with Crippen molar-refractivity contribution in [2.75, 3.05) is 6.54 Å². The summed E-state index contributed by atoms with van der Waals surface area (Å²) in [5.41, 5.74) is 1.99. The third-order valence-corrected chi connectivity index (χ3v) is 4.65. The molecule has 2 rings (SSSR count). The summed E-state index contributed by atoms with van der Waals surface area (Å²) < 4.78 is 1.04. The van der Waals surface area contributed by atoms with Crippen LogP contribution >= 0.6 is 27.5 Å². The van der Waals surface area contributed by atoms with Crippen LogP contribution < -0.4 is 10.6 Å². The predicted molar refractivity (Wildman–Crippen MR) is 103 cm³/mol. The van der Waals surface area contributed by atoms with E-state index in [9.17, 15) is 4.79 Å². The van der Waals surface area contributed by atoms with Gasteiger partial charge in [0.05, 0.1) is 0 Å². The lowest BCUT2D eigenvalue weighted by Gasteiger charge is -2.07. The summed E-state index contributed by atoms with van der Waals surface area (Å²) in [4.78, 5) is 12.1. The Morgan fingerprint density at radius 1 is 1.16 bits per heavy atom. The van der Waals surface area contributed by atoms with Gasteiger partial charge in [-0.3, -0.25) is 4.79 Å². The van der Waals surface area contributed by atoms with E-state index in [0.29, 0.717) is 11.6 Å². The lowest BCUT2D eigenvalue weighted by atomic mass is 10.1. The molecule has 0 aliphatic heterocycles. The number of hydrogen-bond donors (Lipinski definition) is 2. The fourth-order valence-electron chi connectivity index (χ4n) is 2.14. The molecule has 2 aromatic carbocycles. The molecule has 0 fully saturated rings. The van der Waals surface area contributed by atoms with Gasteiger partial charge in [-0.15, -0.1) is 0 Å². The average Bonchev–Trinajstić information content (AvgIpc) is 2.62. The highest BCUT2D eigenvalue weighted by atomic mass is 79.9. The van der Waals surface area contributed by atoms with Crippen LogP contribution in [-0.2, 0) is 17.8 Å². The monoisotopic (exact) mass is 417 g/mol. The van der Waals surface area contributed by atoms with Crippen molar-refractivity contribution in [3.05, 3.63) is 80.9 Å². The predicted octanol–water partition coefficient (Wildman–Crippen LogP) is 3.96. The zero-order chi connectivity index (χ0) is 18.1. The quantitative estimate of drug-likeness (QED) is 0.406. The molecule has 128 valence electrons. The molecule has 0 saturated heterocycles. The van der Waals surface area contributed by atoms with Crippen LogP contribution in [-0.4, -0.2) is 12.5 Å². The van der Waals surface area contributed by atoms with Gasteiger partial charge in [0.25, 0.3) is 5.91 Å². The van der Waals surface area contributed by atoms with Crippen molar-refractivity contribution in [3.8, 4) is 6.07 Å². The second-order valence-corrected chi connectivity index (χ2v) is 6.50. The fourth-order valence-corrected chi connectivity index (χ4v) is 2.83. The van der Waals surface area contributed by atoms with Gasteiger partial charge in [0.1, 0.15) is 11.6 Å². The van der Waals surface area contributed by atoms with E-state index in [1.807, 2.05) is 48.5 Å². The molecule has 4 nitrogen and oxygen atoms in total. The third kappa shape index (κ3) is 5.93. The number of halogens is 2. The highest BCUT2D eigenvalue weighted by molar-refractivity contribution is 9.10. The van der Waals surface area contributed by atoms with Crippen LogP contribution in [0.2, 0.25) is 5.02 Å². The molecule has 0 heterocycles. The van der Waals surface area contributed by atoms with Gasteiger partial charge >= 0.3 is 0 Å². The molecule has 25 heavy (non-hydrogen) atoms. The van der Waals surface area contributed by atoms with Gasteiger partial charge in [-0.05, 0) is 29.7 Å². The van der Waals surface area contributed by atoms with Crippen molar-refractivity contribution in [2.45, 2.75) is 13.0 Å². The van der Waals surface area contributed by atoms with Gasteiger partial charge in [-0.1, -0.05) is 63.9 Å². The molecule has 0 bridgehead atoms. The Balaban J connectivity index is 1.85. The van der Waals surface area contributed by atoms with E-state index in [1.54, 1.807) is 6.07 Å². The Morgan fingerprint density at radius 3 is 2.52 bits per heavy atom.